The van der Waals surface area contributed by atoms with Crippen molar-refractivity contribution < 1.29 is 19.1 Å². The van der Waals surface area contributed by atoms with Crippen LogP contribution in [-0.4, -0.2) is 40.9 Å². The summed E-state index contributed by atoms with van der Waals surface area (Å²) in [6.07, 6.45) is 4.71. The van der Waals surface area contributed by atoms with Crippen LogP contribution < -0.4 is 4.74 Å². The number of pyridine rings is 1. The summed E-state index contributed by atoms with van der Waals surface area (Å²) in [6.45, 7) is 0.551. The third kappa shape index (κ3) is 4.45. The number of carbonyl (C=O) groups excluding carboxylic acids is 3. The highest BCUT2D eigenvalue weighted by atomic mass is 16.5. The van der Waals surface area contributed by atoms with Crippen molar-refractivity contribution in [2.75, 3.05) is 13.6 Å². The molecule has 174 valence electrons. The number of hydrogen-bond donors (Lipinski definition) is 0. The first-order valence-electron chi connectivity index (χ1n) is 11.9. The second kappa shape index (κ2) is 9.37. The van der Waals surface area contributed by atoms with E-state index < -0.39 is 0 Å². The molecule has 0 N–H and O–H groups in total. The van der Waals surface area contributed by atoms with Crippen molar-refractivity contribution in [1.29, 1.82) is 0 Å². The zero-order valence-corrected chi connectivity index (χ0v) is 19.3. The Hall–Kier alpha value is -3.54. The Morgan fingerprint density at radius 2 is 1.85 bits per heavy atom. The van der Waals surface area contributed by atoms with Gasteiger partial charge in [0, 0.05) is 53.6 Å². The molecule has 2 heterocycles. The minimum absolute atomic E-state index is 0.0172. The number of amides is 1. The van der Waals surface area contributed by atoms with Gasteiger partial charge in [0.25, 0.3) is 0 Å². The van der Waals surface area contributed by atoms with Gasteiger partial charge in [-0.2, -0.15) is 0 Å². The molecule has 2 atom stereocenters. The second-order valence-electron chi connectivity index (χ2n) is 9.40. The molecule has 5 rings (SSSR count). The van der Waals surface area contributed by atoms with Crippen LogP contribution in [-0.2, 0) is 22.6 Å². The SMILES string of the molecule is CN1CC(=O)C(CCC2Cc3c(OCc4cnc5ccccc5c4)cccc3C2=O)CCC1=O. The van der Waals surface area contributed by atoms with Gasteiger partial charge in [0.05, 0.1) is 12.1 Å². The van der Waals surface area contributed by atoms with E-state index in [-0.39, 0.29) is 35.9 Å². The van der Waals surface area contributed by atoms with E-state index in [9.17, 15) is 14.4 Å². The number of ether oxygens (including phenoxy) is 1. The van der Waals surface area contributed by atoms with Gasteiger partial charge in [-0.3, -0.25) is 19.4 Å². The normalized spacial score (nSPS) is 20.5. The smallest absolute Gasteiger partial charge is 0.222 e. The number of ketones is 2. The van der Waals surface area contributed by atoms with Gasteiger partial charge in [-0.05, 0) is 43.9 Å². The first kappa shape index (κ1) is 22.3. The monoisotopic (exact) mass is 456 g/mol. The molecule has 2 aliphatic rings. The Bertz CT molecular complexity index is 1270. The van der Waals surface area contributed by atoms with Gasteiger partial charge < -0.3 is 9.64 Å². The number of benzene rings is 2. The number of rotatable bonds is 6. The van der Waals surface area contributed by atoms with E-state index in [1.54, 1.807) is 7.05 Å². The lowest BCUT2D eigenvalue weighted by atomic mass is 9.88. The third-order valence-electron chi connectivity index (χ3n) is 7.11. The first-order valence-corrected chi connectivity index (χ1v) is 11.9. The summed E-state index contributed by atoms with van der Waals surface area (Å²) in [5.41, 5.74) is 3.60. The maximum atomic E-state index is 13.1. The van der Waals surface area contributed by atoms with Crippen LogP contribution >= 0.6 is 0 Å². The molecule has 0 spiro atoms. The van der Waals surface area contributed by atoms with Crippen molar-refractivity contribution in [2.45, 2.75) is 38.7 Å². The van der Waals surface area contributed by atoms with E-state index in [1.807, 2.05) is 48.7 Å². The fraction of sp³-hybridized carbons (Fsp3) is 0.357. The summed E-state index contributed by atoms with van der Waals surface area (Å²) >= 11 is 0. The number of carbonyl (C=O) groups is 3. The molecular formula is C28H28N2O4. The Balaban J connectivity index is 1.24. The van der Waals surface area contributed by atoms with E-state index in [0.717, 1.165) is 33.3 Å². The number of likely N-dealkylation sites (tertiary alicyclic amines) is 1. The van der Waals surface area contributed by atoms with Gasteiger partial charge in [0.1, 0.15) is 12.4 Å². The average Bonchev–Trinajstić information content (AvgIpc) is 3.11. The van der Waals surface area contributed by atoms with Crippen molar-refractivity contribution in [3.8, 4) is 5.75 Å². The highest BCUT2D eigenvalue weighted by molar-refractivity contribution is 6.03. The molecule has 1 fully saturated rings. The minimum atomic E-state index is -0.151. The van der Waals surface area contributed by atoms with E-state index in [0.29, 0.717) is 38.7 Å². The van der Waals surface area contributed by atoms with E-state index in [2.05, 4.69) is 11.1 Å². The van der Waals surface area contributed by atoms with Gasteiger partial charge in [0.15, 0.2) is 11.6 Å². The predicted molar refractivity (Wildman–Crippen MR) is 129 cm³/mol. The third-order valence-corrected chi connectivity index (χ3v) is 7.11. The molecule has 1 saturated heterocycles. The largest absolute Gasteiger partial charge is 0.489 e. The summed E-state index contributed by atoms with van der Waals surface area (Å²) in [6, 6.07) is 15.7. The summed E-state index contributed by atoms with van der Waals surface area (Å²) in [5.74, 6) is 0.683. The number of nitrogens with zero attached hydrogens (tertiary/aromatic N) is 2. The predicted octanol–water partition coefficient (Wildman–Crippen LogP) is 4.39. The van der Waals surface area contributed by atoms with Crippen LogP contribution in [0.3, 0.4) is 0 Å². The van der Waals surface area contributed by atoms with Crippen molar-refractivity contribution in [3.05, 3.63) is 71.4 Å². The van der Waals surface area contributed by atoms with Crippen molar-refractivity contribution in [3.63, 3.8) is 0 Å². The Morgan fingerprint density at radius 3 is 2.74 bits per heavy atom. The molecule has 0 radical (unpaired) electrons. The molecule has 3 aromatic rings. The number of aromatic nitrogens is 1. The highest BCUT2D eigenvalue weighted by Gasteiger charge is 2.34. The number of likely N-dealkylation sites (N-methyl/N-ethyl adjacent to an activating group) is 1. The van der Waals surface area contributed by atoms with Crippen molar-refractivity contribution >= 4 is 28.4 Å². The molecule has 2 aromatic carbocycles. The van der Waals surface area contributed by atoms with Gasteiger partial charge >= 0.3 is 0 Å². The molecule has 1 aliphatic heterocycles. The quantitative estimate of drug-likeness (QED) is 0.550. The van der Waals surface area contributed by atoms with Gasteiger partial charge in [-0.25, -0.2) is 0 Å². The Kier molecular flexibility index (Phi) is 6.14. The van der Waals surface area contributed by atoms with Gasteiger partial charge in [-0.1, -0.05) is 30.3 Å². The maximum absolute atomic E-state index is 13.1. The second-order valence-corrected chi connectivity index (χ2v) is 9.40. The zero-order chi connectivity index (χ0) is 23.7. The van der Waals surface area contributed by atoms with E-state index in [4.69, 9.17) is 4.74 Å². The lowest BCUT2D eigenvalue weighted by Crippen LogP contribution is -2.30. The molecule has 6 heteroatoms. The van der Waals surface area contributed by atoms with Crippen LogP contribution in [0.4, 0.5) is 0 Å². The summed E-state index contributed by atoms with van der Waals surface area (Å²) in [5, 5.41) is 1.07. The fourth-order valence-electron chi connectivity index (χ4n) is 5.10. The van der Waals surface area contributed by atoms with Gasteiger partial charge in [-0.15, -0.1) is 0 Å². The molecule has 0 bridgehead atoms. The average molecular weight is 457 g/mol. The van der Waals surface area contributed by atoms with Crippen LogP contribution in [0.5, 0.6) is 5.75 Å². The van der Waals surface area contributed by atoms with Crippen LogP contribution in [0.15, 0.2) is 54.7 Å². The number of Topliss-reactive ketones (excluding diaryl/α,β-unsaturated/α-hetero) is 2. The van der Waals surface area contributed by atoms with Gasteiger partial charge in [0.2, 0.25) is 5.91 Å². The van der Waals surface area contributed by atoms with Crippen LogP contribution in [0.2, 0.25) is 0 Å². The van der Waals surface area contributed by atoms with Crippen LogP contribution in [0.25, 0.3) is 10.9 Å². The molecule has 1 aliphatic carbocycles. The van der Waals surface area contributed by atoms with Crippen molar-refractivity contribution in [1.82, 2.24) is 9.88 Å². The summed E-state index contributed by atoms with van der Waals surface area (Å²) < 4.78 is 6.14. The molecule has 0 saturated carbocycles. The van der Waals surface area contributed by atoms with E-state index >= 15 is 0 Å². The highest BCUT2D eigenvalue weighted by Crippen LogP contribution is 2.37. The molecule has 1 amide bonds. The standard InChI is InChI=1S/C28H28N2O4/c1-30-16-25(31)19(11-12-27(30)32)9-10-21-14-23-22(28(21)33)6-4-8-26(23)34-17-18-13-20-5-2-3-7-24(20)29-15-18/h2-8,13,15,19,21H,9-12,14,16-17H2,1H3. The topological polar surface area (TPSA) is 76.6 Å². The maximum Gasteiger partial charge on any atom is 0.222 e. The number of fused-ring (bicyclic) bond motifs is 2. The molecule has 1 aromatic heterocycles. The number of para-hydroxylation sites is 1. The molecule has 34 heavy (non-hydrogen) atoms. The van der Waals surface area contributed by atoms with Crippen LogP contribution in [0.1, 0.15) is 47.2 Å². The van der Waals surface area contributed by atoms with E-state index in [1.165, 1.54) is 4.90 Å². The zero-order valence-electron chi connectivity index (χ0n) is 19.3. The lowest BCUT2D eigenvalue weighted by Gasteiger charge is -2.16. The Labute approximate surface area is 198 Å². The van der Waals surface area contributed by atoms with Crippen LogP contribution in [0, 0.1) is 11.8 Å². The molecular weight excluding hydrogens is 428 g/mol. The first-order chi connectivity index (χ1) is 16.5. The number of hydrogen-bond acceptors (Lipinski definition) is 5. The molecule has 2 unspecified atom stereocenters. The fourth-order valence-corrected chi connectivity index (χ4v) is 5.10. The summed E-state index contributed by atoms with van der Waals surface area (Å²) in [7, 11) is 1.68. The van der Waals surface area contributed by atoms with Crippen molar-refractivity contribution in [2.24, 2.45) is 11.8 Å². The lowest BCUT2D eigenvalue weighted by molar-refractivity contribution is -0.132. The molecule has 6 nitrogen and oxygen atoms in total. The Morgan fingerprint density at radius 1 is 1.03 bits per heavy atom. The minimum Gasteiger partial charge on any atom is -0.489 e. The summed E-state index contributed by atoms with van der Waals surface area (Å²) in [4.78, 5) is 43.5.